The van der Waals surface area contributed by atoms with Crippen molar-refractivity contribution in [2.24, 2.45) is 0 Å². The molecule has 0 amide bonds. The average Bonchev–Trinajstić information content (AvgIpc) is 1.87. The Morgan fingerprint density at radius 2 is 1.42 bits per heavy atom. The van der Waals surface area contributed by atoms with Gasteiger partial charge in [0.2, 0.25) is 0 Å². The number of esters is 2. The summed E-state index contributed by atoms with van der Waals surface area (Å²) in [5.41, 5.74) is 0. The summed E-state index contributed by atoms with van der Waals surface area (Å²) in [5.74, 6) is -1.32. The number of rotatable bonds is 4. The molecule has 0 rings (SSSR count). The number of carbonyl (C=O) groups is 2. The van der Waals surface area contributed by atoms with Gasteiger partial charge in [-0.2, -0.15) is 6.42 Å². The predicted molar refractivity (Wildman–Crippen MR) is 37.6 cm³/mol. The Balaban J connectivity index is 0. The van der Waals surface area contributed by atoms with Crippen LogP contribution in [0.2, 0.25) is 0 Å². The summed E-state index contributed by atoms with van der Waals surface area (Å²) in [4.78, 5) is 21.1. The fourth-order valence-corrected chi connectivity index (χ4v) is 0.464. The molecule has 0 spiro atoms. The molecule has 0 aromatic heterocycles. The van der Waals surface area contributed by atoms with Crippen molar-refractivity contribution >= 4 is 11.9 Å². The maximum Gasteiger partial charge on any atom is 0.176 e. The molecule has 1 radical (unpaired) electrons. The molecule has 69 valence electrons. The molecule has 0 saturated heterocycles. The maximum atomic E-state index is 10.5. The van der Waals surface area contributed by atoms with Gasteiger partial charge >= 0.3 is 0 Å². The van der Waals surface area contributed by atoms with E-state index >= 15 is 0 Å². The normalized spacial score (nSPS) is 7.83. The molecule has 0 aromatic rings. The van der Waals surface area contributed by atoms with Crippen molar-refractivity contribution in [2.75, 3.05) is 13.2 Å². The van der Waals surface area contributed by atoms with Crippen LogP contribution in [0.5, 0.6) is 0 Å². The van der Waals surface area contributed by atoms with Gasteiger partial charge in [-0.05, 0) is 13.8 Å². The van der Waals surface area contributed by atoms with Gasteiger partial charge in [-0.1, -0.05) is 0 Å². The Labute approximate surface area is 83.5 Å². The average molecular weight is 210 g/mol. The van der Waals surface area contributed by atoms with Crippen molar-refractivity contribution in [3.8, 4) is 0 Å². The second-order valence-corrected chi connectivity index (χ2v) is 1.65. The molecular formula is C7H11O4V-. The molecule has 4 nitrogen and oxygen atoms in total. The number of hydrogen-bond acceptors (Lipinski definition) is 4. The SMILES string of the molecule is CCOC(=O)[CH-]C(=O)OCC.[V]. The van der Waals surface area contributed by atoms with E-state index in [4.69, 9.17) is 0 Å². The summed E-state index contributed by atoms with van der Waals surface area (Å²) in [7, 11) is 0. The zero-order valence-electron chi connectivity index (χ0n) is 7.07. The molecule has 0 unspecified atom stereocenters. The van der Waals surface area contributed by atoms with Crippen molar-refractivity contribution in [1.82, 2.24) is 0 Å². The Hall–Kier alpha value is -0.606. The van der Waals surface area contributed by atoms with E-state index in [0.717, 1.165) is 6.42 Å². The summed E-state index contributed by atoms with van der Waals surface area (Å²) in [6.45, 7) is 3.84. The van der Waals surface area contributed by atoms with E-state index in [1.807, 2.05) is 0 Å². The largest absolute Gasteiger partial charge is 0.488 e. The molecule has 0 saturated carbocycles. The minimum Gasteiger partial charge on any atom is -0.488 e. The summed E-state index contributed by atoms with van der Waals surface area (Å²) in [5, 5.41) is 0. The molecule has 0 bridgehead atoms. The topological polar surface area (TPSA) is 52.6 Å². The van der Waals surface area contributed by atoms with E-state index in [9.17, 15) is 9.59 Å². The van der Waals surface area contributed by atoms with E-state index in [1.54, 1.807) is 13.8 Å². The van der Waals surface area contributed by atoms with Crippen LogP contribution in [0.4, 0.5) is 0 Å². The van der Waals surface area contributed by atoms with Crippen molar-refractivity contribution < 1.29 is 37.6 Å². The predicted octanol–water partition coefficient (Wildman–Crippen LogP) is 0.314. The molecule has 0 aliphatic rings. The van der Waals surface area contributed by atoms with Crippen molar-refractivity contribution in [3.05, 3.63) is 6.42 Å². The van der Waals surface area contributed by atoms with E-state index in [1.165, 1.54) is 0 Å². The Bertz CT molecular complexity index is 130. The zero-order valence-corrected chi connectivity index (χ0v) is 8.47. The number of hydrogen-bond donors (Lipinski definition) is 0. The second kappa shape index (κ2) is 8.49. The van der Waals surface area contributed by atoms with Gasteiger partial charge in [0.15, 0.2) is 11.9 Å². The molecule has 5 heteroatoms. The van der Waals surface area contributed by atoms with Gasteiger partial charge in [0.05, 0.1) is 13.2 Å². The quantitative estimate of drug-likeness (QED) is 0.381. The van der Waals surface area contributed by atoms with E-state index in [0.29, 0.717) is 0 Å². The third-order valence-electron chi connectivity index (χ3n) is 0.809. The Morgan fingerprint density at radius 3 is 1.67 bits per heavy atom. The van der Waals surface area contributed by atoms with E-state index < -0.39 is 11.9 Å². The first-order valence-corrected chi connectivity index (χ1v) is 3.39. The smallest absolute Gasteiger partial charge is 0.176 e. The summed E-state index contributed by atoms with van der Waals surface area (Å²) in [6, 6.07) is 0. The maximum absolute atomic E-state index is 10.5. The summed E-state index contributed by atoms with van der Waals surface area (Å²) >= 11 is 0. The van der Waals surface area contributed by atoms with Crippen LogP contribution in [0, 0.1) is 6.42 Å². The first kappa shape index (κ1) is 13.9. The first-order valence-electron chi connectivity index (χ1n) is 3.39. The standard InChI is InChI=1S/C7H11O4.V/c1-3-10-6(8)5-7(9)11-4-2;/h5H,3-4H2,1-2H3;/q-1;. The fraction of sp³-hybridized carbons (Fsp3) is 0.571. The van der Waals surface area contributed by atoms with E-state index in [-0.39, 0.29) is 31.8 Å². The van der Waals surface area contributed by atoms with Crippen LogP contribution in [0.15, 0.2) is 0 Å². The summed E-state index contributed by atoms with van der Waals surface area (Å²) < 4.78 is 8.93. The van der Waals surface area contributed by atoms with Crippen LogP contribution in [-0.4, -0.2) is 25.2 Å². The van der Waals surface area contributed by atoms with Crippen molar-refractivity contribution in [2.45, 2.75) is 13.8 Å². The molecule has 0 atom stereocenters. The number of ether oxygens (including phenoxy) is 2. The third-order valence-corrected chi connectivity index (χ3v) is 0.809. The van der Waals surface area contributed by atoms with Crippen LogP contribution >= 0.6 is 0 Å². The van der Waals surface area contributed by atoms with Gasteiger partial charge in [0.1, 0.15) is 0 Å². The molecule has 0 aliphatic carbocycles. The second-order valence-electron chi connectivity index (χ2n) is 1.65. The Kier molecular flexibility index (Phi) is 9.87. The van der Waals surface area contributed by atoms with Crippen LogP contribution in [-0.2, 0) is 37.6 Å². The van der Waals surface area contributed by atoms with Crippen molar-refractivity contribution in [3.63, 3.8) is 0 Å². The van der Waals surface area contributed by atoms with Crippen LogP contribution in [0.3, 0.4) is 0 Å². The van der Waals surface area contributed by atoms with E-state index in [2.05, 4.69) is 9.47 Å². The molecular weight excluding hydrogens is 199 g/mol. The monoisotopic (exact) mass is 210 g/mol. The van der Waals surface area contributed by atoms with Crippen LogP contribution in [0.25, 0.3) is 0 Å². The van der Waals surface area contributed by atoms with Crippen LogP contribution in [0.1, 0.15) is 13.8 Å². The van der Waals surface area contributed by atoms with Gasteiger partial charge in [0.25, 0.3) is 0 Å². The molecule has 12 heavy (non-hydrogen) atoms. The van der Waals surface area contributed by atoms with Gasteiger partial charge < -0.3 is 9.47 Å². The molecule has 0 aliphatic heterocycles. The van der Waals surface area contributed by atoms with Gasteiger partial charge in [0, 0.05) is 18.6 Å². The first-order chi connectivity index (χ1) is 5.20. The third kappa shape index (κ3) is 7.50. The molecule has 0 N–H and O–H groups in total. The Morgan fingerprint density at radius 1 is 1.08 bits per heavy atom. The number of carbonyl (C=O) groups excluding carboxylic acids is 2. The zero-order chi connectivity index (χ0) is 8.69. The molecule has 0 heterocycles. The summed E-state index contributed by atoms with van der Waals surface area (Å²) in [6.07, 6.45) is 0.785. The minimum atomic E-state index is -0.661. The fourth-order valence-electron chi connectivity index (χ4n) is 0.464. The van der Waals surface area contributed by atoms with Gasteiger partial charge in [-0.15, -0.1) is 0 Å². The van der Waals surface area contributed by atoms with Crippen LogP contribution < -0.4 is 0 Å². The molecule has 0 fully saturated rings. The van der Waals surface area contributed by atoms with Crippen molar-refractivity contribution in [1.29, 1.82) is 0 Å². The molecule has 0 aromatic carbocycles. The van der Waals surface area contributed by atoms with Gasteiger partial charge in [-0.25, -0.2) is 0 Å². The van der Waals surface area contributed by atoms with Gasteiger partial charge in [-0.3, -0.25) is 9.59 Å². The minimum absolute atomic E-state index is 0.